The molecular formula is C10H19N3O3S. The fourth-order valence-corrected chi connectivity index (χ4v) is 3.97. The Kier molecular flexibility index (Phi) is 3.88. The molecule has 6 nitrogen and oxygen atoms in total. The van der Waals surface area contributed by atoms with Gasteiger partial charge in [0.2, 0.25) is 0 Å². The maximum absolute atomic E-state index is 11.7. The van der Waals surface area contributed by atoms with Crippen LogP contribution in [-0.4, -0.2) is 44.7 Å². The zero-order chi connectivity index (χ0) is 12.3. The molecule has 0 bridgehead atoms. The molecule has 2 atom stereocenters. The molecule has 0 aliphatic carbocycles. The highest BCUT2D eigenvalue weighted by Gasteiger charge is 2.30. The number of nitrogens with one attached hydrogen (secondary N) is 3. The third-order valence-electron chi connectivity index (χ3n) is 3.27. The number of urea groups is 1. The van der Waals surface area contributed by atoms with E-state index >= 15 is 0 Å². The molecule has 0 radical (unpaired) electrons. The second kappa shape index (κ2) is 5.22. The second-order valence-electron chi connectivity index (χ2n) is 4.66. The summed E-state index contributed by atoms with van der Waals surface area (Å²) < 4.78 is 23.4. The van der Waals surface area contributed by atoms with E-state index in [4.69, 9.17) is 0 Å². The Labute approximate surface area is 101 Å². The molecule has 2 fully saturated rings. The van der Waals surface area contributed by atoms with Crippen LogP contribution in [0, 0.1) is 0 Å². The van der Waals surface area contributed by atoms with E-state index in [1.54, 1.807) is 0 Å². The molecule has 17 heavy (non-hydrogen) atoms. The molecule has 2 rings (SSSR count). The van der Waals surface area contributed by atoms with E-state index in [9.17, 15) is 13.2 Å². The van der Waals surface area contributed by atoms with Crippen molar-refractivity contribution in [2.75, 3.05) is 18.8 Å². The minimum Gasteiger partial charge on any atom is -0.334 e. The molecule has 2 aliphatic rings. The molecule has 0 aromatic heterocycles. The van der Waals surface area contributed by atoms with Crippen molar-refractivity contribution >= 4 is 15.9 Å². The Bertz CT molecular complexity index is 376. The van der Waals surface area contributed by atoms with E-state index < -0.39 is 15.2 Å². The molecule has 98 valence electrons. The van der Waals surface area contributed by atoms with Crippen molar-refractivity contribution in [1.82, 2.24) is 16.0 Å². The predicted octanol–water partition coefficient (Wildman–Crippen LogP) is -0.428. The zero-order valence-electron chi connectivity index (χ0n) is 9.74. The number of hydrogen-bond donors (Lipinski definition) is 3. The first-order valence-electron chi connectivity index (χ1n) is 6.07. The lowest BCUT2D eigenvalue weighted by atomic mass is 10.2. The molecule has 0 aromatic rings. The Morgan fingerprint density at radius 3 is 2.65 bits per heavy atom. The average molecular weight is 261 g/mol. The van der Waals surface area contributed by atoms with Crippen LogP contribution in [0.3, 0.4) is 0 Å². The maximum Gasteiger partial charge on any atom is 0.316 e. The summed E-state index contributed by atoms with van der Waals surface area (Å²) >= 11 is 0. The summed E-state index contributed by atoms with van der Waals surface area (Å²) in [7, 11) is -3.14. The van der Waals surface area contributed by atoms with E-state index in [1.165, 1.54) is 0 Å². The standard InChI is InChI=1S/C10H19N3O3S/c14-10(12-8-4-5-11-7-8)13-9-3-1-2-6-17(9,15)16/h8-9,11H,1-7H2,(H2,12,13,14). The number of hydrogen-bond acceptors (Lipinski definition) is 4. The summed E-state index contributed by atoms with van der Waals surface area (Å²) in [4.78, 5) is 11.6. The summed E-state index contributed by atoms with van der Waals surface area (Å²) in [5.41, 5.74) is 0. The van der Waals surface area contributed by atoms with Crippen LogP contribution in [0.15, 0.2) is 0 Å². The SMILES string of the molecule is O=C(NC1CCNC1)NC1CCCCS1(=O)=O. The molecule has 0 aromatic carbocycles. The van der Waals surface area contributed by atoms with Crippen LogP contribution in [0.5, 0.6) is 0 Å². The Morgan fingerprint density at radius 2 is 2.00 bits per heavy atom. The van der Waals surface area contributed by atoms with Crippen LogP contribution in [0.1, 0.15) is 25.7 Å². The van der Waals surface area contributed by atoms with Gasteiger partial charge < -0.3 is 16.0 Å². The number of carbonyl (C=O) groups excluding carboxylic acids is 1. The van der Waals surface area contributed by atoms with Gasteiger partial charge in [0.15, 0.2) is 9.84 Å². The Balaban J connectivity index is 1.84. The maximum atomic E-state index is 11.7. The fraction of sp³-hybridized carbons (Fsp3) is 0.900. The predicted molar refractivity (Wildman–Crippen MR) is 64.4 cm³/mol. The molecular weight excluding hydrogens is 242 g/mol. The van der Waals surface area contributed by atoms with Crippen molar-refractivity contribution in [2.24, 2.45) is 0 Å². The Hall–Kier alpha value is -0.820. The van der Waals surface area contributed by atoms with Crippen LogP contribution in [0.4, 0.5) is 4.79 Å². The molecule has 2 aliphatic heterocycles. The van der Waals surface area contributed by atoms with Gasteiger partial charge in [-0.3, -0.25) is 0 Å². The van der Waals surface area contributed by atoms with E-state index in [-0.39, 0.29) is 17.8 Å². The highest BCUT2D eigenvalue weighted by molar-refractivity contribution is 7.92. The molecule has 3 N–H and O–H groups in total. The van der Waals surface area contributed by atoms with Gasteiger partial charge in [-0.25, -0.2) is 13.2 Å². The number of amides is 2. The first-order valence-corrected chi connectivity index (χ1v) is 7.79. The number of sulfone groups is 1. The van der Waals surface area contributed by atoms with Crippen molar-refractivity contribution in [3.8, 4) is 0 Å². The van der Waals surface area contributed by atoms with Gasteiger partial charge >= 0.3 is 6.03 Å². The van der Waals surface area contributed by atoms with E-state index in [1.807, 2.05) is 0 Å². The van der Waals surface area contributed by atoms with Gasteiger partial charge in [-0.2, -0.15) is 0 Å². The van der Waals surface area contributed by atoms with Gasteiger partial charge in [-0.05, 0) is 32.2 Å². The third-order valence-corrected chi connectivity index (χ3v) is 5.34. The lowest BCUT2D eigenvalue weighted by Gasteiger charge is -2.24. The highest BCUT2D eigenvalue weighted by Crippen LogP contribution is 2.17. The lowest BCUT2D eigenvalue weighted by molar-refractivity contribution is 0.235. The molecule has 0 spiro atoms. The third kappa shape index (κ3) is 3.32. The normalized spacial score (nSPS) is 32.0. The van der Waals surface area contributed by atoms with Gasteiger partial charge in [0.1, 0.15) is 5.37 Å². The molecule has 7 heteroatoms. The van der Waals surface area contributed by atoms with Crippen molar-refractivity contribution < 1.29 is 13.2 Å². The average Bonchev–Trinajstić information content (AvgIpc) is 2.73. The quantitative estimate of drug-likeness (QED) is 0.629. The van der Waals surface area contributed by atoms with Crippen molar-refractivity contribution in [1.29, 1.82) is 0 Å². The smallest absolute Gasteiger partial charge is 0.316 e. The van der Waals surface area contributed by atoms with E-state index in [2.05, 4.69) is 16.0 Å². The van der Waals surface area contributed by atoms with Gasteiger partial charge in [0.25, 0.3) is 0 Å². The summed E-state index contributed by atoms with van der Waals surface area (Å²) in [6, 6.07) is -0.254. The van der Waals surface area contributed by atoms with Crippen LogP contribution in [0.25, 0.3) is 0 Å². The molecule has 2 unspecified atom stereocenters. The monoisotopic (exact) mass is 261 g/mol. The van der Waals surface area contributed by atoms with Gasteiger partial charge in [-0.1, -0.05) is 0 Å². The van der Waals surface area contributed by atoms with Gasteiger partial charge in [0, 0.05) is 12.6 Å². The first kappa shape index (κ1) is 12.6. The van der Waals surface area contributed by atoms with Crippen LogP contribution >= 0.6 is 0 Å². The Morgan fingerprint density at radius 1 is 1.18 bits per heavy atom. The van der Waals surface area contributed by atoms with Crippen LogP contribution in [-0.2, 0) is 9.84 Å². The van der Waals surface area contributed by atoms with Crippen molar-refractivity contribution in [3.05, 3.63) is 0 Å². The van der Waals surface area contributed by atoms with Crippen LogP contribution in [0.2, 0.25) is 0 Å². The minimum absolute atomic E-state index is 0.112. The fourth-order valence-electron chi connectivity index (χ4n) is 2.27. The molecule has 2 heterocycles. The lowest BCUT2D eigenvalue weighted by Crippen LogP contribution is -2.50. The second-order valence-corrected chi connectivity index (χ2v) is 6.96. The van der Waals surface area contributed by atoms with Gasteiger partial charge in [0.05, 0.1) is 5.75 Å². The number of carbonyl (C=O) groups is 1. The summed E-state index contributed by atoms with van der Waals surface area (Å²) in [6.07, 6.45) is 2.98. The minimum atomic E-state index is -3.14. The zero-order valence-corrected chi connectivity index (χ0v) is 10.6. The summed E-state index contributed by atoms with van der Waals surface area (Å²) in [5.74, 6) is 0.183. The van der Waals surface area contributed by atoms with E-state index in [0.29, 0.717) is 12.8 Å². The molecule has 2 saturated heterocycles. The topological polar surface area (TPSA) is 87.3 Å². The summed E-state index contributed by atoms with van der Waals surface area (Å²) in [6.45, 7) is 1.65. The van der Waals surface area contributed by atoms with Crippen molar-refractivity contribution in [3.63, 3.8) is 0 Å². The van der Waals surface area contributed by atoms with E-state index in [0.717, 1.165) is 25.9 Å². The highest BCUT2D eigenvalue weighted by atomic mass is 32.2. The first-order chi connectivity index (χ1) is 8.08. The molecule has 2 amide bonds. The number of rotatable bonds is 2. The molecule has 0 saturated carbocycles. The van der Waals surface area contributed by atoms with Crippen LogP contribution < -0.4 is 16.0 Å². The van der Waals surface area contributed by atoms with Gasteiger partial charge in [-0.15, -0.1) is 0 Å². The largest absolute Gasteiger partial charge is 0.334 e. The van der Waals surface area contributed by atoms with Crippen molar-refractivity contribution in [2.45, 2.75) is 37.1 Å². The summed E-state index contributed by atoms with van der Waals surface area (Å²) in [5, 5.41) is 7.79.